The molecule has 0 aliphatic rings. The molecule has 0 spiro atoms. The van der Waals surface area contributed by atoms with Gasteiger partial charge in [-0.15, -0.1) is 0 Å². The summed E-state index contributed by atoms with van der Waals surface area (Å²) < 4.78 is 7.99. The monoisotopic (exact) mass is 572 g/mol. The fraction of sp³-hybridized carbons (Fsp3) is 0.320. The highest BCUT2D eigenvalue weighted by Crippen LogP contribution is 2.32. The number of ether oxygens (including phenoxy) is 1. The number of benzene rings is 1. The van der Waals surface area contributed by atoms with Gasteiger partial charge in [0.15, 0.2) is 15.8 Å². The van der Waals surface area contributed by atoms with Crippen LogP contribution in [0.5, 0.6) is 0 Å². The Bertz CT molecular complexity index is 1420. The van der Waals surface area contributed by atoms with Crippen LogP contribution in [0, 0.1) is 6.92 Å². The third kappa shape index (κ3) is 8.03. The normalized spacial score (nSPS) is 12.3. The van der Waals surface area contributed by atoms with Crippen LogP contribution in [-0.4, -0.2) is 44.3 Å². The largest absolute Gasteiger partial charge is 0.390 e. The van der Waals surface area contributed by atoms with Gasteiger partial charge >= 0.3 is 0 Å². The second kappa shape index (κ2) is 12.4. The van der Waals surface area contributed by atoms with Gasteiger partial charge in [0.1, 0.15) is 6.73 Å². The van der Waals surface area contributed by atoms with Crippen molar-refractivity contribution in [1.29, 1.82) is 0 Å². The molecule has 1 N–H and O–H groups in total. The summed E-state index contributed by atoms with van der Waals surface area (Å²) in [6.45, 7) is 9.85. The quantitative estimate of drug-likeness (QED) is 0.142. The third-order valence-corrected chi connectivity index (χ3v) is 9.26. The molecule has 194 valence electrons. The maximum atomic E-state index is 9.25. The van der Waals surface area contributed by atoms with E-state index in [1.165, 1.54) is 29.3 Å². The van der Waals surface area contributed by atoms with E-state index in [1.807, 2.05) is 48.0 Å². The summed E-state index contributed by atoms with van der Waals surface area (Å²) in [4.78, 5) is 25.2. The number of hydrogen-bond acceptors (Lipinski definition) is 9. The maximum absolute atomic E-state index is 9.25. The Morgan fingerprint density at radius 3 is 2.68 bits per heavy atom. The van der Waals surface area contributed by atoms with E-state index in [0.29, 0.717) is 39.8 Å². The number of nitrogens with zero attached hydrogens (tertiary/aromatic N) is 6. The van der Waals surface area contributed by atoms with E-state index in [9.17, 15) is 5.11 Å². The molecule has 3 heterocycles. The summed E-state index contributed by atoms with van der Waals surface area (Å²) in [6, 6.07) is 10.7. The first kappa shape index (κ1) is 27.6. The molecule has 0 aliphatic heterocycles. The molecule has 12 heteroatoms. The zero-order valence-corrected chi connectivity index (χ0v) is 24.6. The van der Waals surface area contributed by atoms with Crippen molar-refractivity contribution in [2.75, 3.05) is 6.61 Å². The van der Waals surface area contributed by atoms with Gasteiger partial charge in [-0.05, 0) is 42.9 Å². The van der Waals surface area contributed by atoms with Crippen LogP contribution in [0.15, 0.2) is 64.0 Å². The number of aliphatic hydroxyl groups is 1. The van der Waals surface area contributed by atoms with Crippen molar-refractivity contribution in [1.82, 2.24) is 24.5 Å². The summed E-state index contributed by atoms with van der Waals surface area (Å²) in [7, 11) is -1.20. The Morgan fingerprint density at radius 1 is 1.16 bits per heavy atom. The molecule has 0 aliphatic carbocycles. The Hall–Kier alpha value is -2.41. The second-order valence-corrected chi connectivity index (χ2v) is 17.6. The van der Waals surface area contributed by atoms with Gasteiger partial charge in [-0.2, -0.15) is 4.99 Å². The summed E-state index contributed by atoms with van der Waals surface area (Å²) in [5, 5.41) is 10.5. The van der Waals surface area contributed by atoms with E-state index in [-0.39, 0.29) is 6.61 Å². The highest BCUT2D eigenvalue weighted by molar-refractivity contribution is 7.99. The van der Waals surface area contributed by atoms with Gasteiger partial charge in [-0.25, -0.2) is 15.0 Å². The highest BCUT2D eigenvalue weighted by Gasteiger charge is 2.14. The number of aryl methyl sites for hydroxylation is 1. The summed E-state index contributed by atoms with van der Waals surface area (Å²) in [6.07, 6.45) is 5.07. The van der Waals surface area contributed by atoms with Crippen LogP contribution in [0.25, 0.3) is 10.6 Å². The van der Waals surface area contributed by atoms with Crippen LogP contribution in [-0.2, 0) is 18.1 Å². The minimum Gasteiger partial charge on any atom is -0.390 e. The first-order chi connectivity index (χ1) is 17.7. The molecule has 37 heavy (non-hydrogen) atoms. The number of hydrogen-bond donors (Lipinski definition) is 1. The smallest absolute Gasteiger partial charge is 0.194 e. The standard InChI is InChI=1S/C25H29ClN6O2S2Si/c1-17-11-20(30-24(29-17)35-21-8-6-5-7-19(21)26)22-14-32(16-34-9-10-37(2,3)4)25(36-22)31-23-13-27-18(15-33)12-28-23/h5-8,11-14,33H,9-10,15-16H2,1-4H3/b31-25-. The predicted molar refractivity (Wildman–Crippen MR) is 151 cm³/mol. The van der Waals surface area contributed by atoms with Crippen LogP contribution < -0.4 is 4.80 Å². The van der Waals surface area contributed by atoms with Crippen molar-refractivity contribution >= 4 is 48.6 Å². The number of thiazole rings is 1. The van der Waals surface area contributed by atoms with Crippen LogP contribution in [0.3, 0.4) is 0 Å². The van der Waals surface area contributed by atoms with E-state index < -0.39 is 8.07 Å². The van der Waals surface area contributed by atoms with E-state index in [1.54, 1.807) is 6.20 Å². The van der Waals surface area contributed by atoms with Crippen LogP contribution in [0.2, 0.25) is 30.7 Å². The van der Waals surface area contributed by atoms with Gasteiger partial charge in [0.05, 0.1) is 40.3 Å². The third-order valence-electron chi connectivity index (χ3n) is 5.13. The lowest BCUT2D eigenvalue weighted by molar-refractivity contribution is 0.0855. The molecule has 0 radical (unpaired) electrons. The van der Waals surface area contributed by atoms with E-state index in [0.717, 1.165) is 27.2 Å². The first-order valence-corrected chi connectivity index (χ1v) is 17.4. The molecule has 4 rings (SSSR count). The van der Waals surface area contributed by atoms with Crippen LogP contribution in [0.4, 0.5) is 5.82 Å². The fourth-order valence-electron chi connectivity index (χ4n) is 3.14. The molecule has 0 saturated heterocycles. The minimum atomic E-state index is -1.20. The molecule has 0 unspecified atom stereocenters. The van der Waals surface area contributed by atoms with Crippen molar-refractivity contribution in [3.8, 4) is 10.6 Å². The van der Waals surface area contributed by atoms with Gasteiger partial charge < -0.3 is 9.84 Å². The summed E-state index contributed by atoms with van der Waals surface area (Å²) >= 11 is 9.28. The average molecular weight is 573 g/mol. The number of rotatable bonds is 10. The summed E-state index contributed by atoms with van der Waals surface area (Å²) in [5.41, 5.74) is 2.15. The minimum absolute atomic E-state index is 0.164. The van der Waals surface area contributed by atoms with Gasteiger partial charge in [-0.1, -0.05) is 54.7 Å². The van der Waals surface area contributed by atoms with Gasteiger partial charge in [-0.3, -0.25) is 9.55 Å². The SMILES string of the molecule is Cc1cc(-c2cn(COCC[Si](C)(C)C)/c(=N/c3cnc(CO)cn3)s2)nc(Sc2ccccc2Cl)n1. The molecule has 0 saturated carbocycles. The molecule has 0 bridgehead atoms. The number of aromatic nitrogens is 5. The van der Waals surface area contributed by atoms with Crippen molar-refractivity contribution in [2.24, 2.45) is 4.99 Å². The molecular weight excluding hydrogens is 544 g/mol. The van der Waals surface area contributed by atoms with Crippen molar-refractivity contribution < 1.29 is 9.84 Å². The fourth-order valence-corrected chi connectivity index (χ4v) is 5.94. The molecule has 0 atom stereocenters. The molecule has 3 aromatic heterocycles. The van der Waals surface area contributed by atoms with Gasteiger partial charge in [0.25, 0.3) is 0 Å². The second-order valence-electron chi connectivity index (χ2n) is 9.54. The van der Waals surface area contributed by atoms with Crippen molar-refractivity contribution in [2.45, 2.75) is 56.0 Å². The van der Waals surface area contributed by atoms with Crippen LogP contribution >= 0.6 is 34.7 Å². The van der Waals surface area contributed by atoms with Gasteiger partial charge in [0.2, 0.25) is 0 Å². The highest BCUT2D eigenvalue weighted by atomic mass is 35.5. The van der Waals surface area contributed by atoms with Gasteiger partial charge in [0, 0.05) is 31.5 Å². The Labute approximate surface area is 230 Å². The van der Waals surface area contributed by atoms with Crippen LogP contribution in [0.1, 0.15) is 11.4 Å². The molecule has 8 nitrogen and oxygen atoms in total. The first-order valence-electron chi connectivity index (χ1n) is 11.7. The Morgan fingerprint density at radius 2 is 1.97 bits per heavy atom. The molecule has 4 aromatic rings. The molecule has 0 amide bonds. The Balaban J connectivity index is 1.67. The van der Waals surface area contributed by atoms with E-state index >= 15 is 0 Å². The predicted octanol–water partition coefficient (Wildman–Crippen LogP) is 5.95. The Kier molecular flexibility index (Phi) is 9.27. The summed E-state index contributed by atoms with van der Waals surface area (Å²) in [5.74, 6) is 0.454. The van der Waals surface area contributed by atoms with E-state index in [2.05, 4.69) is 34.6 Å². The molecule has 1 aromatic carbocycles. The number of aliphatic hydroxyl groups excluding tert-OH is 1. The lowest BCUT2D eigenvalue weighted by Crippen LogP contribution is -2.23. The molecule has 0 fully saturated rings. The van der Waals surface area contributed by atoms with Crippen molar-refractivity contribution in [3.05, 3.63) is 70.1 Å². The zero-order chi connectivity index (χ0) is 26.4. The topological polar surface area (TPSA) is 98.3 Å². The van der Waals surface area contributed by atoms with E-state index in [4.69, 9.17) is 26.3 Å². The zero-order valence-electron chi connectivity index (χ0n) is 21.2. The molecular formula is C25H29ClN6O2S2Si. The maximum Gasteiger partial charge on any atom is 0.194 e. The lowest BCUT2D eigenvalue weighted by Gasteiger charge is -2.15. The average Bonchev–Trinajstić information content (AvgIpc) is 3.25. The number of halogens is 1. The van der Waals surface area contributed by atoms with Crippen molar-refractivity contribution in [3.63, 3.8) is 0 Å². The lowest BCUT2D eigenvalue weighted by atomic mass is 10.3.